The van der Waals surface area contributed by atoms with Gasteiger partial charge in [-0.2, -0.15) is 0 Å². The van der Waals surface area contributed by atoms with Crippen LogP contribution in [0.25, 0.3) is 0 Å². The largest absolute Gasteiger partial charge is 0.459 e. The Hall–Kier alpha value is -3.87. The minimum absolute atomic E-state index is 0.0997. The van der Waals surface area contributed by atoms with E-state index < -0.39 is 11.9 Å². The number of nitrogens with one attached hydrogen (secondary N) is 2. The molecular weight excluding hydrogens is 442 g/mol. The molecule has 0 spiro atoms. The summed E-state index contributed by atoms with van der Waals surface area (Å²) in [6.07, 6.45) is 6.35. The maximum Gasteiger partial charge on any atom is 0.294 e. The molecule has 4 rings (SSSR count). The second kappa shape index (κ2) is 11.0. The molecule has 182 valence electrons. The zero-order valence-electron chi connectivity index (χ0n) is 20.1. The number of rotatable bonds is 8. The number of nitrogens with zero attached hydrogens (tertiary/aromatic N) is 1. The van der Waals surface area contributed by atoms with Gasteiger partial charge in [-0.25, -0.2) is 0 Å². The monoisotopic (exact) mass is 473 g/mol. The minimum Gasteiger partial charge on any atom is -0.459 e. The summed E-state index contributed by atoms with van der Waals surface area (Å²) >= 11 is 0. The first-order valence-electron chi connectivity index (χ1n) is 12.1. The summed E-state index contributed by atoms with van der Waals surface area (Å²) in [4.78, 5) is 40.4. The summed E-state index contributed by atoms with van der Waals surface area (Å²) in [5, 5.41) is 5.91. The van der Waals surface area contributed by atoms with Gasteiger partial charge in [-0.3, -0.25) is 19.3 Å². The molecule has 0 aliphatic heterocycles. The third-order valence-corrected chi connectivity index (χ3v) is 6.33. The van der Waals surface area contributed by atoms with Gasteiger partial charge in [0.15, 0.2) is 5.76 Å². The second-order valence-electron chi connectivity index (χ2n) is 8.87. The van der Waals surface area contributed by atoms with E-state index in [2.05, 4.69) is 17.6 Å². The highest BCUT2D eigenvalue weighted by molar-refractivity contribution is 6.08. The molecule has 1 aliphatic carbocycles. The number of anilines is 2. The maximum absolute atomic E-state index is 13.8. The molecule has 3 aromatic rings. The molecule has 7 heteroatoms. The van der Waals surface area contributed by atoms with E-state index in [0.29, 0.717) is 16.9 Å². The molecule has 3 amide bonds. The highest BCUT2D eigenvalue weighted by Gasteiger charge is 2.35. The van der Waals surface area contributed by atoms with Gasteiger partial charge >= 0.3 is 0 Å². The average Bonchev–Trinajstić information content (AvgIpc) is 3.57. The molecule has 1 aliphatic rings. The van der Waals surface area contributed by atoms with E-state index in [1.807, 2.05) is 24.3 Å². The van der Waals surface area contributed by atoms with Crippen molar-refractivity contribution in [1.29, 1.82) is 0 Å². The van der Waals surface area contributed by atoms with E-state index in [9.17, 15) is 14.4 Å². The lowest BCUT2D eigenvalue weighted by Crippen LogP contribution is -2.46. The molecule has 2 aromatic carbocycles. The molecular formula is C28H31N3O4. The summed E-state index contributed by atoms with van der Waals surface area (Å²) in [6.45, 7) is 3.51. The van der Waals surface area contributed by atoms with E-state index in [-0.39, 0.29) is 23.6 Å². The number of aryl methyl sites for hydroxylation is 1. The highest BCUT2D eigenvalue weighted by atomic mass is 16.3. The van der Waals surface area contributed by atoms with Crippen LogP contribution in [0, 0.1) is 0 Å². The fraction of sp³-hybridized carbons (Fsp3) is 0.321. The highest BCUT2D eigenvalue weighted by Crippen LogP contribution is 2.32. The van der Waals surface area contributed by atoms with Gasteiger partial charge < -0.3 is 15.1 Å². The maximum atomic E-state index is 13.8. The van der Waals surface area contributed by atoms with Crippen LogP contribution in [0.2, 0.25) is 0 Å². The van der Waals surface area contributed by atoms with Gasteiger partial charge in [0, 0.05) is 24.3 Å². The lowest BCUT2D eigenvalue weighted by atomic mass is 9.99. The SMILES string of the molecule is CCc1ccc(C(C(=O)NC2CCCC2)N(C(=O)c2ccco2)c2ccc(NC(C)=O)cc2)cc1. The number of amides is 3. The number of hydrogen-bond acceptors (Lipinski definition) is 4. The van der Waals surface area contributed by atoms with Gasteiger partial charge in [-0.05, 0) is 66.8 Å². The molecule has 1 saturated carbocycles. The molecule has 0 saturated heterocycles. The fourth-order valence-electron chi connectivity index (χ4n) is 4.51. The molecule has 1 atom stereocenters. The topological polar surface area (TPSA) is 91.7 Å². The molecule has 1 aromatic heterocycles. The Balaban J connectivity index is 1.78. The standard InChI is InChI=1S/C28H31N3O4/c1-3-20-10-12-21(13-11-20)26(27(33)30-22-7-4-5-8-22)31(28(34)25-9-6-18-35-25)24-16-14-23(15-17-24)29-19(2)32/h6,9-18,22,26H,3-5,7-8H2,1-2H3,(H,29,32)(H,30,33). The number of hydrogen-bond donors (Lipinski definition) is 2. The molecule has 2 N–H and O–H groups in total. The smallest absolute Gasteiger partial charge is 0.294 e. The molecule has 1 fully saturated rings. The van der Waals surface area contributed by atoms with Crippen LogP contribution in [0.5, 0.6) is 0 Å². The Morgan fingerprint density at radius 1 is 1.00 bits per heavy atom. The summed E-state index contributed by atoms with van der Waals surface area (Å²) < 4.78 is 5.43. The van der Waals surface area contributed by atoms with Crippen LogP contribution in [0.3, 0.4) is 0 Å². The van der Waals surface area contributed by atoms with Crippen LogP contribution < -0.4 is 15.5 Å². The van der Waals surface area contributed by atoms with Gasteiger partial charge in [-0.15, -0.1) is 0 Å². The summed E-state index contributed by atoms with van der Waals surface area (Å²) in [5.41, 5.74) is 2.98. The zero-order valence-corrected chi connectivity index (χ0v) is 20.1. The zero-order chi connectivity index (χ0) is 24.8. The van der Waals surface area contributed by atoms with E-state index in [1.165, 1.54) is 18.1 Å². The number of furan rings is 1. The van der Waals surface area contributed by atoms with Crippen LogP contribution in [0.1, 0.15) is 67.3 Å². The Bertz CT molecular complexity index is 1150. The van der Waals surface area contributed by atoms with Crippen molar-refractivity contribution in [3.8, 4) is 0 Å². The molecule has 35 heavy (non-hydrogen) atoms. The fourth-order valence-corrected chi connectivity index (χ4v) is 4.51. The van der Waals surface area contributed by atoms with E-state index >= 15 is 0 Å². The van der Waals surface area contributed by atoms with Gasteiger partial charge in [0.05, 0.1) is 6.26 Å². The van der Waals surface area contributed by atoms with Crippen LogP contribution in [0.4, 0.5) is 11.4 Å². The Labute approximate surface area is 205 Å². The van der Waals surface area contributed by atoms with Crippen LogP contribution in [-0.2, 0) is 16.0 Å². The van der Waals surface area contributed by atoms with Crippen molar-refractivity contribution in [1.82, 2.24) is 5.32 Å². The van der Waals surface area contributed by atoms with Crippen molar-refractivity contribution in [3.05, 3.63) is 83.8 Å². The lowest BCUT2D eigenvalue weighted by Gasteiger charge is -2.32. The van der Waals surface area contributed by atoms with Gasteiger partial charge in [-0.1, -0.05) is 44.0 Å². The first-order chi connectivity index (χ1) is 17.0. The third kappa shape index (κ3) is 5.80. The van der Waals surface area contributed by atoms with Crippen molar-refractivity contribution in [3.63, 3.8) is 0 Å². The van der Waals surface area contributed by atoms with Crippen LogP contribution >= 0.6 is 0 Å². The molecule has 7 nitrogen and oxygen atoms in total. The van der Waals surface area contributed by atoms with Crippen molar-refractivity contribution < 1.29 is 18.8 Å². The number of carbonyl (C=O) groups is 3. The van der Waals surface area contributed by atoms with E-state index in [1.54, 1.807) is 36.4 Å². The normalized spacial score (nSPS) is 14.3. The Morgan fingerprint density at radius 3 is 2.26 bits per heavy atom. The average molecular weight is 474 g/mol. The second-order valence-corrected chi connectivity index (χ2v) is 8.87. The third-order valence-electron chi connectivity index (χ3n) is 6.33. The van der Waals surface area contributed by atoms with Gasteiger partial charge in [0.2, 0.25) is 11.8 Å². The van der Waals surface area contributed by atoms with E-state index in [4.69, 9.17) is 4.42 Å². The summed E-state index contributed by atoms with van der Waals surface area (Å²) in [6, 6.07) is 17.1. The number of carbonyl (C=O) groups excluding carboxylic acids is 3. The van der Waals surface area contributed by atoms with Crippen LogP contribution in [-0.4, -0.2) is 23.8 Å². The van der Waals surface area contributed by atoms with Crippen molar-refractivity contribution >= 4 is 29.1 Å². The first kappa shape index (κ1) is 24.3. The Morgan fingerprint density at radius 2 is 1.69 bits per heavy atom. The molecule has 0 radical (unpaired) electrons. The summed E-state index contributed by atoms with van der Waals surface area (Å²) in [5.74, 6) is -0.703. The lowest BCUT2D eigenvalue weighted by molar-refractivity contribution is -0.123. The summed E-state index contributed by atoms with van der Waals surface area (Å²) in [7, 11) is 0. The van der Waals surface area contributed by atoms with Crippen LogP contribution in [0.15, 0.2) is 71.3 Å². The number of benzene rings is 2. The molecule has 1 unspecified atom stereocenters. The molecule has 0 bridgehead atoms. The molecule has 1 heterocycles. The van der Waals surface area contributed by atoms with Gasteiger partial charge in [0.25, 0.3) is 5.91 Å². The Kier molecular flexibility index (Phi) is 7.65. The quantitative estimate of drug-likeness (QED) is 0.468. The first-order valence-corrected chi connectivity index (χ1v) is 12.1. The minimum atomic E-state index is -0.897. The van der Waals surface area contributed by atoms with Crippen molar-refractivity contribution in [2.24, 2.45) is 0 Å². The van der Waals surface area contributed by atoms with Crippen molar-refractivity contribution in [2.45, 2.75) is 58.0 Å². The predicted molar refractivity (Wildman–Crippen MR) is 135 cm³/mol. The van der Waals surface area contributed by atoms with Crippen molar-refractivity contribution in [2.75, 3.05) is 10.2 Å². The predicted octanol–water partition coefficient (Wildman–Crippen LogP) is 5.25. The van der Waals surface area contributed by atoms with E-state index in [0.717, 1.165) is 37.7 Å². The van der Waals surface area contributed by atoms with Gasteiger partial charge in [0.1, 0.15) is 6.04 Å².